The molecule has 1 amide bonds. The second-order valence-corrected chi connectivity index (χ2v) is 6.24. The number of aliphatic hydroxyl groups is 1. The van der Waals surface area contributed by atoms with Gasteiger partial charge in [-0.25, -0.2) is 4.98 Å². The molecule has 1 fully saturated rings. The maximum atomic E-state index is 12.6. The SMILES string of the molecule is CCN(C[C@H](O)c1cccc(O)c1)C(=O)c1cnc(C2CC2)[nH]c1=O. The van der Waals surface area contributed by atoms with Crippen molar-refractivity contribution < 1.29 is 15.0 Å². The first-order chi connectivity index (χ1) is 12.0. The second-order valence-electron chi connectivity index (χ2n) is 6.24. The van der Waals surface area contributed by atoms with Crippen LogP contribution in [-0.4, -0.2) is 44.1 Å². The number of carbonyl (C=O) groups excluding carboxylic acids is 1. The summed E-state index contributed by atoms with van der Waals surface area (Å²) in [7, 11) is 0. The van der Waals surface area contributed by atoms with Gasteiger partial charge in [-0.3, -0.25) is 9.59 Å². The zero-order valence-electron chi connectivity index (χ0n) is 14.0. The van der Waals surface area contributed by atoms with Crippen LogP contribution in [0.15, 0.2) is 35.3 Å². The van der Waals surface area contributed by atoms with Gasteiger partial charge in [0.2, 0.25) is 0 Å². The van der Waals surface area contributed by atoms with Crippen molar-refractivity contribution in [2.75, 3.05) is 13.1 Å². The predicted molar refractivity (Wildman–Crippen MR) is 91.5 cm³/mol. The number of aliphatic hydroxyl groups excluding tert-OH is 1. The zero-order valence-corrected chi connectivity index (χ0v) is 14.0. The minimum Gasteiger partial charge on any atom is -0.508 e. The largest absolute Gasteiger partial charge is 0.508 e. The third-order valence-corrected chi connectivity index (χ3v) is 4.33. The van der Waals surface area contributed by atoms with Crippen molar-refractivity contribution in [1.82, 2.24) is 14.9 Å². The minimum absolute atomic E-state index is 0.0165. The number of aromatic nitrogens is 2. The lowest BCUT2D eigenvalue weighted by Gasteiger charge is -2.24. The molecule has 1 atom stereocenters. The molecule has 0 radical (unpaired) electrons. The Morgan fingerprint density at radius 1 is 1.44 bits per heavy atom. The van der Waals surface area contributed by atoms with Gasteiger partial charge in [-0.05, 0) is 37.5 Å². The lowest BCUT2D eigenvalue weighted by Crippen LogP contribution is -2.37. The van der Waals surface area contributed by atoms with E-state index in [9.17, 15) is 19.8 Å². The van der Waals surface area contributed by atoms with Crippen molar-refractivity contribution in [3.8, 4) is 5.75 Å². The van der Waals surface area contributed by atoms with Gasteiger partial charge in [0, 0.05) is 18.7 Å². The molecule has 0 saturated heterocycles. The molecule has 132 valence electrons. The normalized spacial score (nSPS) is 15.0. The molecule has 1 saturated carbocycles. The van der Waals surface area contributed by atoms with Gasteiger partial charge in [0.25, 0.3) is 11.5 Å². The molecule has 2 aromatic rings. The number of aromatic hydroxyl groups is 1. The Morgan fingerprint density at radius 2 is 2.20 bits per heavy atom. The number of phenolic OH excluding ortho intramolecular Hbond substituents is 1. The van der Waals surface area contributed by atoms with E-state index >= 15 is 0 Å². The minimum atomic E-state index is -0.964. The van der Waals surface area contributed by atoms with Crippen LogP contribution >= 0.6 is 0 Å². The Morgan fingerprint density at radius 3 is 2.80 bits per heavy atom. The predicted octanol–water partition coefficient (Wildman–Crippen LogP) is 1.55. The van der Waals surface area contributed by atoms with Gasteiger partial charge in [-0.2, -0.15) is 0 Å². The maximum Gasteiger partial charge on any atom is 0.263 e. The van der Waals surface area contributed by atoms with Gasteiger partial charge in [-0.15, -0.1) is 0 Å². The summed E-state index contributed by atoms with van der Waals surface area (Å²) in [6.07, 6.45) is 2.37. The highest BCUT2D eigenvalue weighted by Gasteiger charge is 2.27. The van der Waals surface area contributed by atoms with E-state index in [1.807, 2.05) is 0 Å². The van der Waals surface area contributed by atoms with E-state index in [1.165, 1.54) is 23.2 Å². The lowest BCUT2D eigenvalue weighted by atomic mass is 10.1. The third-order valence-electron chi connectivity index (χ3n) is 4.33. The number of amides is 1. The molecule has 0 bridgehead atoms. The first kappa shape index (κ1) is 17.2. The van der Waals surface area contributed by atoms with Gasteiger partial charge in [0.05, 0.1) is 12.6 Å². The average Bonchev–Trinajstić information content (AvgIpc) is 3.44. The van der Waals surface area contributed by atoms with Crippen molar-refractivity contribution in [3.05, 3.63) is 57.8 Å². The number of nitrogens with one attached hydrogen (secondary N) is 1. The number of carbonyl (C=O) groups is 1. The molecule has 25 heavy (non-hydrogen) atoms. The van der Waals surface area contributed by atoms with E-state index < -0.39 is 17.6 Å². The molecule has 0 unspecified atom stereocenters. The quantitative estimate of drug-likeness (QED) is 0.738. The van der Waals surface area contributed by atoms with Crippen LogP contribution in [0.5, 0.6) is 5.75 Å². The Labute approximate surface area is 145 Å². The fourth-order valence-corrected chi connectivity index (χ4v) is 2.70. The van der Waals surface area contributed by atoms with Gasteiger partial charge >= 0.3 is 0 Å². The van der Waals surface area contributed by atoms with E-state index in [-0.39, 0.29) is 17.9 Å². The van der Waals surface area contributed by atoms with Crippen LogP contribution in [0.1, 0.15) is 53.5 Å². The molecule has 1 heterocycles. The van der Waals surface area contributed by atoms with Crippen LogP contribution in [0.4, 0.5) is 0 Å². The molecule has 1 aromatic heterocycles. The third kappa shape index (κ3) is 3.88. The van der Waals surface area contributed by atoms with Gasteiger partial charge < -0.3 is 20.1 Å². The average molecular weight is 343 g/mol. The maximum absolute atomic E-state index is 12.6. The highest BCUT2D eigenvalue weighted by atomic mass is 16.3. The number of phenols is 1. The summed E-state index contributed by atoms with van der Waals surface area (Å²) in [5, 5.41) is 19.8. The molecule has 0 spiro atoms. The highest BCUT2D eigenvalue weighted by Crippen LogP contribution is 2.37. The molecular weight excluding hydrogens is 322 g/mol. The number of nitrogens with zero attached hydrogens (tertiary/aromatic N) is 2. The number of aromatic amines is 1. The van der Waals surface area contributed by atoms with Gasteiger partial charge in [0.1, 0.15) is 17.1 Å². The van der Waals surface area contributed by atoms with Gasteiger partial charge in [0.15, 0.2) is 0 Å². The molecule has 0 aliphatic heterocycles. The summed E-state index contributed by atoms with van der Waals surface area (Å²) in [5.74, 6) is 0.496. The Balaban J connectivity index is 1.76. The molecule has 3 rings (SSSR count). The number of hydrogen-bond donors (Lipinski definition) is 3. The first-order valence-electron chi connectivity index (χ1n) is 8.35. The van der Waals surface area contributed by atoms with E-state index in [0.29, 0.717) is 23.9 Å². The van der Waals surface area contributed by atoms with Crippen molar-refractivity contribution in [1.29, 1.82) is 0 Å². The fraction of sp³-hybridized carbons (Fsp3) is 0.389. The number of H-pyrrole nitrogens is 1. The number of benzene rings is 1. The first-order valence-corrected chi connectivity index (χ1v) is 8.35. The molecule has 3 N–H and O–H groups in total. The number of rotatable bonds is 6. The summed E-state index contributed by atoms with van der Waals surface area (Å²) < 4.78 is 0. The summed E-state index contributed by atoms with van der Waals surface area (Å²) in [6.45, 7) is 2.12. The highest BCUT2D eigenvalue weighted by molar-refractivity contribution is 5.93. The van der Waals surface area contributed by atoms with Gasteiger partial charge in [-0.1, -0.05) is 12.1 Å². The Bertz CT molecular complexity index is 829. The van der Waals surface area contributed by atoms with E-state index in [1.54, 1.807) is 19.1 Å². The lowest BCUT2D eigenvalue weighted by molar-refractivity contribution is 0.0632. The van der Waals surface area contributed by atoms with Crippen molar-refractivity contribution in [2.24, 2.45) is 0 Å². The van der Waals surface area contributed by atoms with E-state index in [4.69, 9.17) is 0 Å². The van der Waals surface area contributed by atoms with Crippen LogP contribution in [0, 0.1) is 0 Å². The zero-order chi connectivity index (χ0) is 18.0. The topological polar surface area (TPSA) is 107 Å². The number of likely N-dealkylation sites (N-methyl/N-ethyl adjacent to an activating group) is 1. The molecule has 1 aliphatic rings. The summed E-state index contributed by atoms with van der Waals surface area (Å²) in [4.78, 5) is 33.1. The smallest absolute Gasteiger partial charge is 0.263 e. The molecular formula is C18H21N3O4. The summed E-state index contributed by atoms with van der Waals surface area (Å²) >= 11 is 0. The van der Waals surface area contributed by atoms with Crippen LogP contribution in [0.3, 0.4) is 0 Å². The van der Waals surface area contributed by atoms with Crippen LogP contribution in [0.2, 0.25) is 0 Å². The van der Waals surface area contributed by atoms with E-state index in [2.05, 4.69) is 9.97 Å². The van der Waals surface area contributed by atoms with Crippen LogP contribution in [-0.2, 0) is 0 Å². The van der Waals surface area contributed by atoms with Crippen LogP contribution in [0.25, 0.3) is 0 Å². The molecule has 1 aromatic carbocycles. The second kappa shape index (κ2) is 7.06. The summed E-state index contributed by atoms with van der Waals surface area (Å²) in [5.41, 5.74) is 0.0175. The standard InChI is InChI=1S/C18H21N3O4/c1-2-21(10-15(23)12-4-3-5-13(22)8-12)18(25)14-9-19-16(11-6-7-11)20-17(14)24/h3-5,8-9,11,15,22-23H,2,6-7,10H2,1H3,(H,19,20,24)/t15-/m0/s1. The Hall–Kier alpha value is -2.67. The molecule has 7 heteroatoms. The summed E-state index contributed by atoms with van der Waals surface area (Å²) in [6, 6.07) is 6.24. The van der Waals surface area contributed by atoms with E-state index in [0.717, 1.165) is 12.8 Å². The monoisotopic (exact) mass is 343 g/mol. The molecule has 1 aliphatic carbocycles. The van der Waals surface area contributed by atoms with Crippen molar-refractivity contribution >= 4 is 5.91 Å². The molecule has 7 nitrogen and oxygen atoms in total. The van der Waals surface area contributed by atoms with Crippen molar-refractivity contribution in [2.45, 2.75) is 31.8 Å². The van der Waals surface area contributed by atoms with Crippen LogP contribution < -0.4 is 5.56 Å². The Kier molecular flexibility index (Phi) is 4.85. The fourth-order valence-electron chi connectivity index (χ4n) is 2.70. The van der Waals surface area contributed by atoms with Crippen molar-refractivity contribution in [3.63, 3.8) is 0 Å². The number of hydrogen-bond acceptors (Lipinski definition) is 5.